The van der Waals surface area contributed by atoms with Crippen LogP contribution in [0.1, 0.15) is 37.3 Å². The highest BCUT2D eigenvalue weighted by Gasteiger charge is 2.23. The molecule has 18 heavy (non-hydrogen) atoms. The summed E-state index contributed by atoms with van der Waals surface area (Å²) in [5.74, 6) is 1.96. The van der Waals surface area contributed by atoms with Crippen molar-refractivity contribution >= 4 is 39.7 Å². The third-order valence-corrected chi connectivity index (χ3v) is 5.21. The van der Waals surface area contributed by atoms with Crippen LogP contribution in [0.15, 0.2) is 16.8 Å². The molecule has 0 saturated heterocycles. The van der Waals surface area contributed by atoms with Crippen molar-refractivity contribution in [1.82, 2.24) is 9.97 Å². The third kappa shape index (κ3) is 2.25. The predicted octanol–water partition coefficient (Wildman–Crippen LogP) is 4.05. The molecule has 2 aromatic rings. The van der Waals surface area contributed by atoms with Gasteiger partial charge < -0.3 is 5.73 Å². The highest BCUT2D eigenvalue weighted by molar-refractivity contribution is 14.1. The number of nitrogens with two attached hydrogens (primary N) is 1. The van der Waals surface area contributed by atoms with Crippen molar-refractivity contribution in [3.05, 3.63) is 26.1 Å². The zero-order valence-corrected chi connectivity index (χ0v) is 12.9. The lowest BCUT2D eigenvalue weighted by Crippen LogP contribution is -2.07. The Labute approximate surface area is 124 Å². The number of hydrogen-bond donors (Lipinski definition) is 1. The molecule has 0 radical (unpaired) electrons. The van der Waals surface area contributed by atoms with Crippen molar-refractivity contribution in [2.24, 2.45) is 0 Å². The first kappa shape index (κ1) is 12.3. The van der Waals surface area contributed by atoms with Crippen LogP contribution >= 0.6 is 33.9 Å². The van der Waals surface area contributed by atoms with Gasteiger partial charge in [0, 0.05) is 16.9 Å². The minimum absolute atomic E-state index is 0.569. The minimum Gasteiger partial charge on any atom is -0.383 e. The van der Waals surface area contributed by atoms with Crippen molar-refractivity contribution in [1.29, 1.82) is 0 Å². The van der Waals surface area contributed by atoms with Gasteiger partial charge in [-0.15, -0.1) is 0 Å². The second-order valence-electron chi connectivity index (χ2n) is 4.63. The van der Waals surface area contributed by atoms with Gasteiger partial charge in [0.25, 0.3) is 0 Å². The molecule has 1 aliphatic rings. The molecular weight excluding hydrogens is 357 g/mol. The Morgan fingerprint density at radius 1 is 1.28 bits per heavy atom. The summed E-state index contributed by atoms with van der Waals surface area (Å²) in [6, 6.07) is 2.05. The molecule has 0 atom stereocenters. The molecule has 0 amide bonds. The maximum atomic E-state index is 6.04. The SMILES string of the molecule is Nc1nc(-c2ccsc2)nc(C2CCCC2)c1I. The highest BCUT2D eigenvalue weighted by atomic mass is 127. The Hall–Kier alpha value is -0.690. The van der Waals surface area contributed by atoms with Gasteiger partial charge in [0.15, 0.2) is 5.82 Å². The minimum atomic E-state index is 0.569. The maximum Gasteiger partial charge on any atom is 0.162 e. The first-order valence-corrected chi connectivity index (χ1v) is 8.13. The lowest BCUT2D eigenvalue weighted by atomic mass is 10.0. The Kier molecular flexibility index (Phi) is 3.52. The van der Waals surface area contributed by atoms with E-state index >= 15 is 0 Å². The number of nitrogens with zero attached hydrogens (tertiary/aromatic N) is 2. The lowest BCUT2D eigenvalue weighted by Gasteiger charge is -2.13. The second-order valence-corrected chi connectivity index (χ2v) is 6.48. The standard InChI is InChI=1S/C13H14IN3S/c14-10-11(8-3-1-2-4-8)16-13(17-12(10)15)9-5-6-18-7-9/h5-8H,1-4H2,(H2,15,16,17). The fourth-order valence-corrected chi connectivity index (χ4v) is 3.79. The average Bonchev–Trinajstić information content (AvgIpc) is 3.03. The van der Waals surface area contributed by atoms with Gasteiger partial charge in [0.2, 0.25) is 0 Å². The average molecular weight is 371 g/mol. The van der Waals surface area contributed by atoms with Crippen LogP contribution in [0.2, 0.25) is 0 Å². The number of anilines is 1. The molecule has 1 fully saturated rings. The molecule has 5 heteroatoms. The molecule has 2 aromatic heterocycles. The van der Waals surface area contributed by atoms with Crippen molar-refractivity contribution in [2.75, 3.05) is 5.73 Å². The van der Waals surface area contributed by atoms with Crippen LogP contribution in [0.4, 0.5) is 5.82 Å². The maximum absolute atomic E-state index is 6.04. The Morgan fingerprint density at radius 2 is 2.06 bits per heavy atom. The number of rotatable bonds is 2. The van der Waals surface area contributed by atoms with E-state index in [1.165, 1.54) is 25.7 Å². The quantitative estimate of drug-likeness (QED) is 0.811. The lowest BCUT2D eigenvalue weighted by molar-refractivity contribution is 0.691. The van der Waals surface area contributed by atoms with Crippen LogP contribution in [0.25, 0.3) is 11.4 Å². The summed E-state index contributed by atoms with van der Waals surface area (Å²) in [6.45, 7) is 0. The smallest absolute Gasteiger partial charge is 0.162 e. The van der Waals surface area contributed by atoms with Gasteiger partial charge in [0.05, 0.1) is 9.26 Å². The first-order chi connectivity index (χ1) is 8.75. The summed E-state index contributed by atoms with van der Waals surface area (Å²) in [7, 11) is 0. The molecule has 94 valence electrons. The molecule has 2 N–H and O–H groups in total. The van der Waals surface area contributed by atoms with E-state index in [9.17, 15) is 0 Å². The zero-order valence-electron chi connectivity index (χ0n) is 9.90. The number of aromatic nitrogens is 2. The molecule has 0 unspecified atom stereocenters. The summed E-state index contributed by atoms with van der Waals surface area (Å²) in [5, 5.41) is 4.11. The topological polar surface area (TPSA) is 51.8 Å². The fraction of sp³-hybridized carbons (Fsp3) is 0.385. The number of halogens is 1. The summed E-state index contributed by atoms with van der Waals surface area (Å²) in [5.41, 5.74) is 8.27. The van der Waals surface area contributed by atoms with Crippen molar-refractivity contribution in [3.63, 3.8) is 0 Å². The molecule has 0 spiro atoms. The first-order valence-electron chi connectivity index (χ1n) is 6.11. The largest absolute Gasteiger partial charge is 0.383 e. The normalized spacial score (nSPS) is 16.3. The van der Waals surface area contributed by atoms with Gasteiger partial charge in [-0.05, 0) is 46.9 Å². The summed E-state index contributed by atoms with van der Waals surface area (Å²) >= 11 is 3.94. The Balaban J connectivity index is 2.07. The zero-order chi connectivity index (χ0) is 12.5. The van der Waals surface area contributed by atoms with Crippen LogP contribution in [0.5, 0.6) is 0 Å². The van der Waals surface area contributed by atoms with E-state index in [1.807, 2.05) is 11.4 Å². The molecule has 1 aliphatic carbocycles. The van der Waals surface area contributed by atoms with Crippen LogP contribution in [0.3, 0.4) is 0 Å². The van der Waals surface area contributed by atoms with E-state index in [4.69, 9.17) is 10.7 Å². The molecule has 3 rings (SSSR count). The number of hydrogen-bond acceptors (Lipinski definition) is 4. The third-order valence-electron chi connectivity index (χ3n) is 3.42. The monoisotopic (exact) mass is 371 g/mol. The van der Waals surface area contributed by atoms with Crippen molar-refractivity contribution < 1.29 is 0 Å². The highest BCUT2D eigenvalue weighted by Crippen LogP contribution is 2.37. The Morgan fingerprint density at radius 3 is 2.72 bits per heavy atom. The van der Waals surface area contributed by atoms with E-state index in [0.717, 1.165) is 20.7 Å². The summed E-state index contributed by atoms with van der Waals surface area (Å²) < 4.78 is 1.04. The fourth-order valence-electron chi connectivity index (χ4n) is 2.47. The molecule has 0 aromatic carbocycles. The van der Waals surface area contributed by atoms with Gasteiger partial charge in [0.1, 0.15) is 5.82 Å². The van der Waals surface area contributed by atoms with E-state index in [-0.39, 0.29) is 0 Å². The molecule has 2 heterocycles. The molecule has 1 saturated carbocycles. The van der Waals surface area contributed by atoms with Gasteiger partial charge in [-0.2, -0.15) is 11.3 Å². The summed E-state index contributed by atoms with van der Waals surface area (Å²) in [6.07, 6.45) is 5.07. The van der Waals surface area contributed by atoms with Gasteiger partial charge in [-0.3, -0.25) is 0 Å². The van der Waals surface area contributed by atoms with Crippen LogP contribution in [-0.4, -0.2) is 9.97 Å². The van der Waals surface area contributed by atoms with Crippen LogP contribution < -0.4 is 5.73 Å². The van der Waals surface area contributed by atoms with Crippen LogP contribution in [0, 0.1) is 3.57 Å². The number of nitrogen functional groups attached to an aromatic ring is 1. The predicted molar refractivity (Wildman–Crippen MR) is 83.7 cm³/mol. The second kappa shape index (κ2) is 5.13. The van der Waals surface area contributed by atoms with E-state index < -0.39 is 0 Å². The van der Waals surface area contributed by atoms with Crippen molar-refractivity contribution in [3.8, 4) is 11.4 Å². The Bertz CT molecular complexity index is 548. The van der Waals surface area contributed by atoms with Crippen LogP contribution in [-0.2, 0) is 0 Å². The van der Waals surface area contributed by atoms with E-state index in [0.29, 0.717) is 11.7 Å². The number of thiophene rings is 1. The molecule has 3 nitrogen and oxygen atoms in total. The molecular formula is C13H14IN3S. The van der Waals surface area contributed by atoms with E-state index in [1.54, 1.807) is 11.3 Å². The van der Waals surface area contributed by atoms with Gasteiger partial charge in [-0.1, -0.05) is 12.8 Å². The molecule has 0 aliphatic heterocycles. The van der Waals surface area contributed by atoms with Gasteiger partial charge >= 0.3 is 0 Å². The van der Waals surface area contributed by atoms with Crippen molar-refractivity contribution in [2.45, 2.75) is 31.6 Å². The molecule has 0 bridgehead atoms. The summed E-state index contributed by atoms with van der Waals surface area (Å²) in [4.78, 5) is 9.18. The van der Waals surface area contributed by atoms with E-state index in [2.05, 4.69) is 33.0 Å². The van der Waals surface area contributed by atoms with Gasteiger partial charge in [-0.25, -0.2) is 9.97 Å².